The van der Waals surface area contributed by atoms with Gasteiger partial charge in [0.15, 0.2) is 9.84 Å². The Hall–Kier alpha value is -1.62. The van der Waals surface area contributed by atoms with Crippen molar-refractivity contribution >= 4 is 9.84 Å². The van der Waals surface area contributed by atoms with E-state index in [0.29, 0.717) is 23.8 Å². The number of imidazole rings is 1. The molecule has 0 amide bonds. The minimum absolute atomic E-state index is 0.159. The number of aromatic nitrogens is 2. The molecule has 21 heavy (non-hydrogen) atoms. The minimum atomic E-state index is -3.20. The van der Waals surface area contributed by atoms with Gasteiger partial charge in [-0.05, 0) is 31.0 Å². The molecule has 1 aromatic heterocycles. The summed E-state index contributed by atoms with van der Waals surface area (Å²) in [4.78, 5) is 4.73. The van der Waals surface area contributed by atoms with Gasteiger partial charge < -0.3 is 4.57 Å². The highest BCUT2D eigenvalue weighted by Gasteiger charge is 2.15. The van der Waals surface area contributed by atoms with Gasteiger partial charge in [0.1, 0.15) is 5.82 Å². The number of benzene rings is 1. The topological polar surface area (TPSA) is 52.0 Å². The van der Waals surface area contributed by atoms with Gasteiger partial charge in [0.2, 0.25) is 0 Å². The molecule has 0 saturated heterocycles. The van der Waals surface area contributed by atoms with Gasteiger partial charge >= 0.3 is 0 Å². The molecule has 1 aromatic carbocycles. The summed E-state index contributed by atoms with van der Waals surface area (Å²) in [6, 6.07) is 7.08. The van der Waals surface area contributed by atoms with Gasteiger partial charge in [-0.25, -0.2) is 13.4 Å². The second-order valence-electron chi connectivity index (χ2n) is 5.62. The fourth-order valence-corrected chi connectivity index (χ4v) is 3.76. The second-order valence-corrected chi connectivity index (χ2v) is 7.73. The van der Waals surface area contributed by atoms with Crippen molar-refractivity contribution in [3.8, 4) is 0 Å². The lowest BCUT2D eigenvalue weighted by Gasteiger charge is -2.10. The zero-order valence-electron chi connectivity index (χ0n) is 12.8. The molecule has 2 rings (SSSR count). The average Bonchev–Trinajstić information content (AvgIpc) is 2.87. The first kappa shape index (κ1) is 15.8. The summed E-state index contributed by atoms with van der Waals surface area (Å²) in [6.45, 7) is 6.75. The molecule has 0 radical (unpaired) electrons. The molecule has 0 unspecified atom stereocenters. The first-order chi connectivity index (χ1) is 9.90. The van der Waals surface area contributed by atoms with Crippen LogP contribution in [0.25, 0.3) is 0 Å². The Morgan fingerprint density at radius 3 is 2.71 bits per heavy atom. The zero-order valence-corrected chi connectivity index (χ0v) is 13.6. The monoisotopic (exact) mass is 306 g/mol. The Morgan fingerprint density at radius 2 is 2.05 bits per heavy atom. The quantitative estimate of drug-likeness (QED) is 0.823. The van der Waals surface area contributed by atoms with Gasteiger partial charge in [-0.3, -0.25) is 0 Å². The van der Waals surface area contributed by atoms with E-state index in [1.807, 2.05) is 23.8 Å². The van der Waals surface area contributed by atoms with Gasteiger partial charge in [0, 0.05) is 24.9 Å². The molecular formula is C16H22N2O2S. The molecular weight excluding hydrogens is 284 g/mol. The zero-order chi connectivity index (χ0) is 15.5. The van der Waals surface area contributed by atoms with E-state index >= 15 is 0 Å². The van der Waals surface area contributed by atoms with E-state index in [0.717, 1.165) is 11.4 Å². The fourth-order valence-electron chi connectivity index (χ4n) is 2.36. The van der Waals surface area contributed by atoms with Crippen molar-refractivity contribution in [1.82, 2.24) is 9.55 Å². The van der Waals surface area contributed by atoms with Crippen LogP contribution in [0, 0.1) is 6.92 Å². The van der Waals surface area contributed by atoms with E-state index in [1.54, 1.807) is 24.4 Å². The molecule has 0 saturated carbocycles. The van der Waals surface area contributed by atoms with E-state index < -0.39 is 9.84 Å². The molecule has 0 aliphatic heterocycles. The molecule has 1 heterocycles. The summed E-state index contributed by atoms with van der Waals surface area (Å²) in [5, 5.41) is 0. The number of nitrogens with zero attached hydrogens (tertiary/aromatic N) is 2. The molecule has 2 aromatic rings. The summed E-state index contributed by atoms with van der Waals surface area (Å²) in [7, 11) is -3.20. The third-order valence-electron chi connectivity index (χ3n) is 3.42. The standard InChI is InChI=1S/C16H22N2O2S/c1-13(2)16-17-8-10-18(16)9-5-11-21(19,20)15-7-4-6-14(3)12-15/h4,6-8,10,12-13H,5,9,11H2,1-3H3. The molecule has 0 bridgehead atoms. The number of sulfone groups is 1. The Kier molecular flexibility index (Phi) is 4.83. The molecule has 0 spiro atoms. The Morgan fingerprint density at radius 1 is 1.29 bits per heavy atom. The molecule has 114 valence electrons. The van der Waals surface area contributed by atoms with Crippen LogP contribution in [0.4, 0.5) is 0 Å². The lowest BCUT2D eigenvalue weighted by Crippen LogP contribution is -2.11. The Balaban J connectivity index is 2.01. The van der Waals surface area contributed by atoms with Crippen molar-refractivity contribution in [1.29, 1.82) is 0 Å². The van der Waals surface area contributed by atoms with Gasteiger partial charge in [-0.15, -0.1) is 0 Å². The summed E-state index contributed by atoms with van der Waals surface area (Å²) < 4.78 is 26.7. The van der Waals surface area contributed by atoms with E-state index in [-0.39, 0.29) is 5.75 Å². The smallest absolute Gasteiger partial charge is 0.178 e. The summed E-state index contributed by atoms with van der Waals surface area (Å²) in [5.74, 6) is 1.50. The van der Waals surface area contributed by atoms with Crippen LogP contribution in [0.5, 0.6) is 0 Å². The Bertz CT molecular complexity index is 703. The number of aryl methyl sites for hydroxylation is 2. The third kappa shape index (κ3) is 3.94. The maximum Gasteiger partial charge on any atom is 0.178 e. The van der Waals surface area contributed by atoms with Crippen molar-refractivity contribution in [3.05, 3.63) is 48.0 Å². The van der Waals surface area contributed by atoms with Gasteiger partial charge in [0.05, 0.1) is 10.6 Å². The van der Waals surface area contributed by atoms with Crippen LogP contribution in [-0.4, -0.2) is 23.7 Å². The summed E-state index contributed by atoms with van der Waals surface area (Å²) in [6.07, 6.45) is 4.27. The highest BCUT2D eigenvalue weighted by atomic mass is 32.2. The van der Waals surface area contributed by atoms with Crippen LogP contribution >= 0.6 is 0 Å². The van der Waals surface area contributed by atoms with E-state index in [2.05, 4.69) is 18.8 Å². The number of hydrogen-bond acceptors (Lipinski definition) is 3. The second kappa shape index (κ2) is 6.43. The Labute approximate surface area is 126 Å². The lowest BCUT2D eigenvalue weighted by molar-refractivity contribution is 0.577. The molecule has 4 nitrogen and oxygen atoms in total. The predicted molar refractivity (Wildman–Crippen MR) is 84.2 cm³/mol. The summed E-state index contributed by atoms with van der Waals surface area (Å²) in [5.41, 5.74) is 0.966. The normalized spacial score (nSPS) is 12.0. The van der Waals surface area contributed by atoms with Crippen LogP contribution in [0.2, 0.25) is 0 Å². The average molecular weight is 306 g/mol. The van der Waals surface area contributed by atoms with Crippen molar-refractivity contribution < 1.29 is 8.42 Å². The maximum absolute atomic E-state index is 12.3. The summed E-state index contributed by atoms with van der Waals surface area (Å²) >= 11 is 0. The first-order valence-electron chi connectivity index (χ1n) is 7.20. The van der Waals surface area contributed by atoms with E-state index in [9.17, 15) is 8.42 Å². The molecule has 0 fully saturated rings. The number of rotatable bonds is 6. The van der Waals surface area contributed by atoms with Crippen LogP contribution in [-0.2, 0) is 16.4 Å². The van der Waals surface area contributed by atoms with Crippen molar-refractivity contribution in [2.75, 3.05) is 5.75 Å². The largest absolute Gasteiger partial charge is 0.335 e. The predicted octanol–water partition coefficient (Wildman–Crippen LogP) is 3.18. The highest BCUT2D eigenvalue weighted by Crippen LogP contribution is 2.16. The SMILES string of the molecule is Cc1cccc(S(=O)(=O)CCCn2ccnc2C(C)C)c1. The van der Waals surface area contributed by atoms with Gasteiger partial charge in [-0.1, -0.05) is 26.0 Å². The van der Waals surface area contributed by atoms with Gasteiger partial charge in [-0.2, -0.15) is 0 Å². The minimum Gasteiger partial charge on any atom is -0.335 e. The van der Waals surface area contributed by atoms with Crippen molar-refractivity contribution in [3.63, 3.8) is 0 Å². The van der Waals surface area contributed by atoms with Crippen molar-refractivity contribution in [2.45, 2.75) is 44.6 Å². The maximum atomic E-state index is 12.3. The molecule has 0 aliphatic rings. The van der Waals surface area contributed by atoms with Crippen LogP contribution in [0.1, 0.15) is 37.6 Å². The third-order valence-corrected chi connectivity index (χ3v) is 5.22. The number of hydrogen-bond donors (Lipinski definition) is 0. The van der Waals surface area contributed by atoms with Crippen molar-refractivity contribution in [2.24, 2.45) is 0 Å². The van der Waals surface area contributed by atoms with Crippen LogP contribution < -0.4 is 0 Å². The molecule has 0 aliphatic carbocycles. The molecule has 5 heteroatoms. The molecule has 0 N–H and O–H groups in total. The highest BCUT2D eigenvalue weighted by molar-refractivity contribution is 7.91. The fraction of sp³-hybridized carbons (Fsp3) is 0.438. The first-order valence-corrected chi connectivity index (χ1v) is 8.86. The lowest BCUT2D eigenvalue weighted by atomic mass is 10.2. The molecule has 0 atom stereocenters. The van der Waals surface area contributed by atoms with Gasteiger partial charge in [0.25, 0.3) is 0 Å². The van der Waals surface area contributed by atoms with E-state index in [1.165, 1.54) is 0 Å². The van der Waals surface area contributed by atoms with E-state index in [4.69, 9.17) is 0 Å². The van der Waals surface area contributed by atoms with Crippen LogP contribution in [0.3, 0.4) is 0 Å². The van der Waals surface area contributed by atoms with Crippen LogP contribution in [0.15, 0.2) is 41.6 Å².